The van der Waals surface area contributed by atoms with Crippen LogP contribution in [-0.2, 0) is 27.7 Å². The van der Waals surface area contributed by atoms with Crippen LogP contribution in [0.5, 0.6) is 5.88 Å². The summed E-state index contributed by atoms with van der Waals surface area (Å²) in [5.41, 5.74) is 2.36. The molecule has 0 bridgehead atoms. The van der Waals surface area contributed by atoms with Crippen LogP contribution in [0.1, 0.15) is 23.7 Å². The van der Waals surface area contributed by atoms with E-state index in [0.29, 0.717) is 36.6 Å². The van der Waals surface area contributed by atoms with Crippen LogP contribution in [-0.4, -0.2) is 35.9 Å². The van der Waals surface area contributed by atoms with E-state index < -0.39 is 0 Å². The van der Waals surface area contributed by atoms with Crippen LogP contribution >= 0.6 is 0 Å². The fraction of sp³-hybridized carbons (Fsp3) is 0.444. The lowest BCUT2D eigenvalue weighted by atomic mass is 10.2. The molecule has 1 fully saturated rings. The molecule has 0 saturated heterocycles. The Morgan fingerprint density at radius 3 is 2.78 bits per heavy atom. The van der Waals surface area contributed by atoms with Crippen molar-refractivity contribution in [2.45, 2.75) is 18.9 Å². The molecule has 3 heterocycles. The molecule has 2 atom stereocenters. The van der Waals surface area contributed by atoms with Crippen molar-refractivity contribution in [2.75, 3.05) is 11.9 Å². The zero-order chi connectivity index (χ0) is 19.0. The zero-order valence-corrected chi connectivity index (χ0v) is 15.7. The Labute approximate surface area is 156 Å². The lowest BCUT2D eigenvalue weighted by Gasteiger charge is -2.10. The molecule has 0 aromatic carbocycles. The summed E-state index contributed by atoms with van der Waals surface area (Å²) in [6.07, 6.45) is 4.75. The first-order valence-corrected chi connectivity index (χ1v) is 8.92. The van der Waals surface area contributed by atoms with E-state index in [1.807, 2.05) is 31.0 Å². The molecule has 4 rings (SSSR count). The first kappa shape index (κ1) is 17.3. The van der Waals surface area contributed by atoms with E-state index in [4.69, 9.17) is 4.74 Å². The third kappa shape index (κ3) is 3.71. The summed E-state index contributed by atoms with van der Waals surface area (Å²) < 4.78 is 10.7. The maximum absolute atomic E-state index is 12.3. The minimum absolute atomic E-state index is 0.192. The number of aryl methyl sites for hydroxylation is 3. The maximum atomic E-state index is 12.3. The Bertz CT molecular complexity index is 1000. The molecule has 0 spiro atoms. The first-order chi connectivity index (χ1) is 13.0. The molecule has 1 aliphatic carbocycles. The quantitative estimate of drug-likeness (QED) is 0.669. The molecule has 1 saturated carbocycles. The summed E-state index contributed by atoms with van der Waals surface area (Å²) in [5.74, 6) is 1.32. The molecule has 1 N–H and O–H groups in total. The molecular formula is C18H23N7O2. The molecule has 3 aromatic heterocycles. The summed E-state index contributed by atoms with van der Waals surface area (Å²) in [4.78, 5) is 12.3. The molecule has 142 valence electrons. The SMILES string of the molecule is Cn1ccc(C2CC2COc2cc(NCc3ccnn3C)c(=O)n(C)n2)n1. The lowest BCUT2D eigenvalue weighted by molar-refractivity contribution is 0.278. The molecule has 9 nitrogen and oxygen atoms in total. The highest BCUT2D eigenvalue weighted by Crippen LogP contribution is 2.46. The Morgan fingerprint density at radius 1 is 1.22 bits per heavy atom. The highest BCUT2D eigenvalue weighted by Gasteiger charge is 2.40. The average molecular weight is 369 g/mol. The minimum atomic E-state index is -0.192. The van der Waals surface area contributed by atoms with E-state index in [-0.39, 0.29) is 5.56 Å². The van der Waals surface area contributed by atoms with Gasteiger partial charge >= 0.3 is 0 Å². The smallest absolute Gasteiger partial charge is 0.290 e. The monoisotopic (exact) mass is 369 g/mol. The van der Waals surface area contributed by atoms with Crippen molar-refractivity contribution >= 4 is 5.69 Å². The molecule has 0 amide bonds. The summed E-state index contributed by atoms with van der Waals surface area (Å²) in [7, 11) is 5.41. The molecule has 2 unspecified atom stereocenters. The van der Waals surface area contributed by atoms with Crippen molar-refractivity contribution < 1.29 is 4.74 Å². The van der Waals surface area contributed by atoms with Gasteiger partial charge in [0.1, 0.15) is 5.69 Å². The van der Waals surface area contributed by atoms with Gasteiger partial charge in [0.15, 0.2) is 0 Å². The van der Waals surface area contributed by atoms with Gasteiger partial charge in [-0.15, -0.1) is 5.10 Å². The van der Waals surface area contributed by atoms with Crippen LogP contribution in [0.15, 0.2) is 35.4 Å². The second-order valence-electron chi connectivity index (χ2n) is 6.95. The Balaban J connectivity index is 1.39. The second-order valence-corrected chi connectivity index (χ2v) is 6.95. The summed E-state index contributed by atoms with van der Waals surface area (Å²) >= 11 is 0. The molecular weight excluding hydrogens is 346 g/mol. The molecule has 0 radical (unpaired) electrons. The Hall–Kier alpha value is -3.10. The van der Waals surface area contributed by atoms with Crippen molar-refractivity contribution in [3.05, 3.63) is 52.3 Å². The summed E-state index contributed by atoms with van der Waals surface area (Å²) in [6.45, 7) is 1.06. The van der Waals surface area contributed by atoms with E-state index in [9.17, 15) is 4.79 Å². The number of hydrogen-bond acceptors (Lipinski definition) is 6. The number of rotatable bonds is 7. The van der Waals surface area contributed by atoms with E-state index in [2.05, 4.69) is 26.7 Å². The van der Waals surface area contributed by atoms with Crippen molar-refractivity contribution in [3.8, 4) is 5.88 Å². The number of nitrogens with zero attached hydrogens (tertiary/aromatic N) is 6. The van der Waals surface area contributed by atoms with Crippen LogP contribution < -0.4 is 15.6 Å². The van der Waals surface area contributed by atoms with Crippen LogP contribution in [0.2, 0.25) is 0 Å². The van der Waals surface area contributed by atoms with Crippen molar-refractivity contribution in [1.29, 1.82) is 0 Å². The standard InChI is InChI=1S/C18H23N7O2/c1-23-7-5-15(21-23)14-8-12(14)11-27-17-9-16(18(26)25(3)22-17)19-10-13-4-6-20-24(13)2/h4-7,9,12,14,19H,8,10-11H2,1-3H3. The normalized spacial score (nSPS) is 18.5. The zero-order valence-electron chi connectivity index (χ0n) is 15.7. The largest absolute Gasteiger partial charge is 0.476 e. The molecule has 27 heavy (non-hydrogen) atoms. The molecule has 1 aliphatic rings. The van der Waals surface area contributed by atoms with Crippen LogP contribution in [0.25, 0.3) is 0 Å². The van der Waals surface area contributed by atoms with Crippen LogP contribution in [0.3, 0.4) is 0 Å². The van der Waals surface area contributed by atoms with Gasteiger partial charge < -0.3 is 10.1 Å². The average Bonchev–Trinajstić information content (AvgIpc) is 3.10. The van der Waals surface area contributed by atoms with E-state index >= 15 is 0 Å². The van der Waals surface area contributed by atoms with Crippen molar-refractivity contribution in [2.24, 2.45) is 27.1 Å². The molecule has 9 heteroatoms. The summed E-state index contributed by atoms with van der Waals surface area (Å²) in [6, 6.07) is 5.62. The van der Waals surface area contributed by atoms with Gasteiger partial charge in [-0.05, 0) is 18.6 Å². The number of ether oxygens (including phenoxy) is 1. The van der Waals surface area contributed by atoms with Gasteiger partial charge in [0.2, 0.25) is 5.88 Å². The fourth-order valence-electron chi connectivity index (χ4n) is 3.16. The predicted octanol–water partition coefficient (Wildman–Crippen LogP) is 1.04. The van der Waals surface area contributed by atoms with Crippen LogP contribution in [0.4, 0.5) is 5.69 Å². The predicted molar refractivity (Wildman–Crippen MR) is 99.6 cm³/mol. The highest BCUT2D eigenvalue weighted by atomic mass is 16.5. The number of nitrogens with one attached hydrogen (secondary N) is 1. The maximum Gasteiger partial charge on any atom is 0.290 e. The van der Waals surface area contributed by atoms with Gasteiger partial charge in [0, 0.05) is 51.4 Å². The first-order valence-electron chi connectivity index (χ1n) is 8.92. The fourth-order valence-corrected chi connectivity index (χ4v) is 3.16. The topological polar surface area (TPSA) is 91.8 Å². The molecule has 3 aromatic rings. The highest BCUT2D eigenvalue weighted by molar-refractivity contribution is 5.43. The van der Waals surface area contributed by atoms with Gasteiger partial charge in [0.25, 0.3) is 5.56 Å². The third-order valence-electron chi connectivity index (χ3n) is 4.91. The number of aromatic nitrogens is 6. The van der Waals surface area contributed by atoms with Gasteiger partial charge in [0.05, 0.1) is 24.5 Å². The van der Waals surface area contributed by atoms with Gasteiger partial charge in [-0.1, -0.05) is 0 Å². The van der Waals surface area contributed by atoms with E-state index in [1.54, 1.807) is 24.0 Å². The van der Waals surface area contributed by atoms with E-state index in [1.165, 1.54) is 4.68 Å². The third-order valence-corrected chi connectivity index (χ3v) is 4.91. The van der Waals surface area contributed by atoms with Crippen molar-refractivity contribution in [3.63, 3.8) is 0 Å². The Morgan fingerprint density at radius 2 is 2.07 bits per heavy atom. The Kier molecular flexibility index (Phi) is 4.43. The van der Waals surface area contributed by atoms with Gasteiger partial charge in [-0.3, -0.25) is 14.2 Å². The lowest BCUT2D eigenvalue weighted by Crippen LogP contribution is -2.24. The van der Waals surface area contributed by atoms with Gasteiger partial charge in [-0.25, -0.2) is 4.68 Å². The minimum Gasteiger partial charge on any atom is -0.476 e. The number of anilines is 1. The van der Waals surface area contributed by atoms with E-state index in [0.717, 1.165) is 17.8 Å². The second kappa shape index (κ2) is 6.90. The van der Waals surface area contributed by atoms with Crippen LogP contribution in [0, 0.1) is 5.92 Å². The number of hydrogen-bond donors (Lipinski definition) is 1. The van der Waals surface area contributed by atoms with Crippen molar-refractivity contribution in [1.82, 2.24) is 29.3 Å². The van der Waals surface area contributed by atoms with Gasteiger partial charge in [-0.2, -0.15) is 10.2 Å². The summed E-state index contributed by atoms with van der Waals surface area (Å²) in [5, 5.41) is 15.9. The molecule has 0 aliphatic heterocycles.